The first kappa shape index (κ1) is 16.1. The highest BCUT2D eigenvalue weighted by Gasteiger charge is 2.20. The highest BCUT2D eigenvalue weighted by atomic mass is 35.5. The second-order valence-corrected chi connectivity index (χ2v) is 6.39. The molecule has 1 aromatic carbocycles. The summed E-state index contributed by atoms with van der Waals surface area (Å²) < 4.78 is 5.84. The first-order valence-electron chi connectivity index (χ1n) is 7.98. The highest BCUT2D eigenvalue weighted by molar-refractivity contribution is 6.32. The van der Waals surface area contributed by atoms with Gasteiger partial charge in [-0.05, 0) is 50.0 Å². The van der Waals surface area contributed by atoms with Crippen molar-refractivity contribution in [2.45, 2.75) is 19.4 Å². The number of benzene rings is 1. The third kappa shape index (κ3) is 4.36. The van der Waals surface area contributed by atoms with Gasteiger partial charge in [-0.2, -0.15) is 0 Å². The smallest absolute Gasteiger partial charge is 0.252 e. The summed E-state index contributed by atoms with van der Waals surface area (Å²) in [5.41, 5.74) is 0.843. The number of pyridine rings is 1. The fourth-order valence-corrected chi connectivity index (χ4v) is 3.09. The van der Waals surface area contributed by atoms with Crippen molar-refractivity contribution in [1.29, 1.82) is 0 Å². The van der Waals surface area contributed by atoms with E-state index in [0.29, 0.717) is 24.1 Å². The van der Waals surface area contributed by atoms with E-state index in [4.69, 9.17) is 16.3 Å². The molecule has 1 N–H and O–H groups in total. The summed E-state index contributed by atoms with van der Waals surface area (Å²) in [6.07, 6.45) is 3.83. The summed E-state index contributed by atoms with van der Waals surface area (Å²) in [6, 6.07) is 11.3. The Kier molecular flexibility index (Phi) is 5.36. The summed E-state index contributed by atoms with van der Waals surface area (Å²) in [7, 11) is 0. The molecule has 23 heavy (non-hydrogen) atoms. The van der Waals surface area contributed by atoms with Crippen molar-refractivity contribution >= 4 is 11.6 Å². The van der Waals surface area contributed by atoms with Crippen molar-refractivity contribution in [2.24, 2.45) is 5.92 Å². The molecule has 1 aliphatic rings. The average Bonchev–Trinajstić information content (AvgIpc) is 2.57. The molecule has 1 saturated heterocycles. The van der Waals surface area contributed by atoms with Gasteiger partial charge in [0, 0.05) is 18.3 Å². The van der Waals surface area contributed by atoms with Gasteiger partial charge < -0.3 is 9.72 Å². The SMILES string of the molecule is O=c1[nH]cccc1CN1CCC(COc2ccccc2Cl)CC1. The van der Waals surface area contributed by atoms with Crippen molar-refractivity contribution in [3.05, 3.63) is 63.5 Å². The molecule has 0 atom stereocenters. The highest BCUT2D eigenvalue weighted by Crippen LogP contribution is 2.25. The molecule has 0 aliphatic carbocycles. The van der Waals surface area contributed by atoms with E-state index in [9.17, 15) is 4.79 Å². The summed E-state index contributed by atoms with van der Waals surface area (Å²) in [5.74, 6) is 1.30. The lowest BCUT2D eigenvalue weighted by Crippen LogP contribution is -2.36. The molecule has 4 nitrogen and oxygen atoms in total. The molecule has 0 radical (unpaired) electrons. The third-order valence-corrected chi connectivity index (χ3v) is 4.62. The maximum Gasteiger partial charge on any atom is 0.252 e. The van der Waals surface area contributed by atoms with Crippen LogP contribution in [0.1, 0.15) is 18.4 Å². The van der Waals surface area contributed by atoms with Crippen LogP contribution in [0.25, 0.3) is 0 Å². The number of halogens is 1. The molecule has 0 saturated carbocycles. The summed E-state index contributed by atoms with van der Waals surface area (Å²) in [5, 5.41) is 0.660. The van der Waals surface area contributed by atoms with E-state index in [-0.39, 0.29) is 5.56 Å². The molecular formula is C18H21ClN2O2. The maximum atomic E-state index is 11.7. The Hall–Kier alpha value is -1.78. The lowest BCUT2D eigenvalue weighted by molar-refractivity contribution is 0.136. The van der Waals surface area contributed by atoms with Crippen LogP contribution in [0.5, 0.6) is 5.75 Å². The van der Waals surface area contributed by atoms with Crippen molar-refractivity contribution in [2.75, 3.05) is 19.7 Å². The van der Waals surface area contributed by atoms with Crippen LogP contribution < -0.4 is 10.3 Å². The average molecular weight is 333 g/mol. The third-order valence-electron chi connectivity index (χ3n) is 4.31. The van der Waals surface area contributed by atoms with Gasteiger partial charge in [0.05, 0.1) is 11.6 Å². The van der Waals surface area contributed by atoms with E-state index in [1.54, 1.807) is 6.20 Å². The Morgan fingerprint density at radius 3 is 2.70 bits per heavy atom. The predicted octanol–water partition coefficient (Wildman–Crippen LogP) is 3.32. The summed E-state index contributed by atoms with van der Waals surface area (Å²) in [4.78, 5) is 16.8. The first-order valence-corrected chi connectivity index (χ1v) is 8.36. The van der Waals surface area contributed by atoms with Crippen LogP contribution in [0.3, 0.4) is 0 Å². The minimum absolute atomic E-state index is 0.0108. The van der Waals surface area contributed by atoms with Crippen LogP contribution in [0.4, 0.5) is 0 Å². The number of nitrogens with zero attached hydrogens (tertiary/aromatic N) is 1. The second-order valence-electron chi connectivity index (χ2n) is 5.99. The van der Waals surface area contributed by atoms with Gasteiger partial charge in [0.25, 0.3) is 5.56 Å². The monoisotopic (exact) mass is 332 g/mol. The van der Waals surface area contributed by atoms with Gasteiger partial charge in [0.15, 0.2) is 0 Å². The Balaban J connectivity index is 1.46. The van der Waals surface area contributed by atoms with Crippen LogP contribution in [0.2, 0.25) is 5.02 Å². The number of aromatic amines is 1. The molecule has 0 unspecified atom stereocenters. The largest absolute Gasteiger partial charge is 0.492 e. The number of H-pyrrole nitrogens is 1. The predicted molar refractivity (Wildman–Crippen MR) is 92.0 cm³/mol. The topological polar surface area (TPSA) is 45.3 Å². The molecule has 2 aromatic rings. The Morgan fingerprint density at radius 1 is 1.17 bits per heavy atom. The second kappa shape index (κ2) is 7.66. The molecule has 1 aromatic heterocycles. The zero-order chi connectivity index (χ0) is 16.1. The summed E-state index contributed by atoms with van der Waals surface area (Å²) >= 11 is 6.10. The van der Waals surface area contributed by atoms with E-state index < -0.39 is 0 Å². The van der Waals surface area contributed by atoms with E-state index in [2.05, 4.69) is 9.88 Å². The molecular weight excluding hydrogens is 312 g/mol. The Labute approximate surface area is 141 Å². The molecule has 122 valence electrons. The van der Waals surface area contributed by atoms with Gasteiger partial charge in [-0.15, -0.1) is 0 Å². The number of rotatable bonds is 5. The number of hydrogen-bond acceptors (Lipinski definition) is 3. The minimum atomic E-state index is 0.0108. The number of nitrogens with one attached hydrogen (secondary N) is 1. The molecule has 0 bridgehead atoms. The van der Waals surface area contributed by atoms with Crippen molar-refractivity contribution < 1.29 is 4.74 Å². The van der Waals surface area contributed by atoms with Gasteiger partial charge in [-0.3, -0.25) is 9.69 Å². The van der Waals surface area contributed by atoms with Crippen LogP contribution in [0, 0.1) is 5.92 Å². The number of likely N-dealkylation sites (tertiary alicyclic amines) is 1. The fourth-order valence-electron chi connectivity index (χ4n) is 2.90. The Bertz CT molecular complexity index is 693. The Morgan fingerprint density at radius 2 is 1.96 bits per heavy atom. The van der Waals surface area contributed by atoms with Crippen LogP contribution in [-0.2, 0) is 6.54 Å². The molecule has 1 fully saturated rings. The number of ether oxygens (including phenoxy) is 1. The number of piperidine rings is 1. The lowest BCUT2D eigenvalue weighted by Gasteiger charge is -2.31. The lowest BCUT2D eigenvalue weighted by atomic mass is 9.97. The van der Waals surface area contributed by atoms with Crippen molar-refractivity contribution in [1.82, 2.24) is 9.88 Å². The maximum absolute atomic E-state index is 11.7. The van der Waals surface area contributed by atoms with E-state index in [1.165, 1.54) is 0 Å². The molecule has 3 rings (SSSR count). The zero-order valence-corrected chi connectivity index (χ0v) is 13.8. The number of hydrogen-bond donors (Lipinski definition) is 1. The van der Waals surface area contributed by atoms with Crippen molar-refractivity contribution in [3.63, 3.8) is 0 Å². The quantitative estimate of drug-likeness (QED) is 0.913. The van der Waals surface area contributed by atoms with Crippen LogP contribution >= 0.6 is 11.6 Å². The molecule has 1 aliphatic heterocycles. The summed E-state index contributed by atoms with van der Waals surface area (Å²) in [6.45, 7) is 3.40. The first-order chi connectivity index (χ1) is 11.2. The standard InChI is InChI=1S/C18H21ClN2O2/c19-16-5-1-2-6-17(16)23-13-14-7-10-21(11-8-14)12-15-4-3-9-20-18(15)22/h1-6,9,14H,7-8,10-13H2,(H,20,22). The van der Waals surface area contributed by atoms with Gasteiger partial charge in [0.1, 0.15) is 5.75 Å². The number of para-hydroxylation sites is 1. The van der Waals surface area contributed by atoms with E-state index >= 15 is 0 Å². The normalized spacial score (nSPS) is 16.4. The molecule has 0 amide bonds. The van der Waals surface area contributed by atoms with Crippen molar-refractivity contribution in [3.8, 4) is 5.75 Å². The van der Waals surface area contributed by atoms with E-state index in [1.807, 2.05) is 36.4 Å². The van der Waals surface area contributed by atoms with Crippen LogP contribution in [0.15, 0.2) is 47.4 Å². The molecule has 5 heteroatoms. The molecule has 0 spiro atoms. The van der Waals surface area contributed by atoms with Gasteiger partial charge >= 0.3 is 0 Å². The van der Waals surface area contributed by atoms with Gasteiger partial charge in [0.2, 0.25) is 0 Å². The van der Waals surface area contributed by atoms with Gasteiger partial charge in [-0.1, -0.05) is 29.8 Å². The zero-order valence-electron chi connectivity index (χ0n) is 13.0. The van der Waals surface area contributed by atoms with Crippen LogP contribution in [-0.4, -0.2) is 29.6 Å². The van der Waals surface area contributed by atoms with E-state index in [0.717, 1.165) is 37.2 Å². The fraction of sp³-hybridized carbons (Fsp3) is 0.389. The minimum Gasteiger partial charge on any atom is -0.492 e. The number of aromatic nitrogens is 1. The molecule has 2 heterocycles. The van der Waals surface area contributed by atoms with Gasteiger partial charge in [-0.25, -0.2) is 0 Å².